The van der Waals surface area contributed by atoms with Gasteiger partial charge in [0.05, 0.1) is 6.42 Å². The van der Waals surface area contributed by atoms with Crippen LogP contribution in [-0.2, 0) is 14.3 Å². The van der Waals surface area contributed by atoms with Crippen LogP contribution in [0, 0.1) is 5.41 Å². The van der Waals surface area contributed by atoms with Crippen LogP contribution in [0.15, 0.2) is 48.5 Å². The molecule has 0 bridgehead atoms. The Bertz CT molecular complexity index is 1010. The Balaban J connectivity index is 1.67. The molecule has 0 unspecified atom stereocenters. The predicted octanol–water partition coefficient (Wildman–Crippen LogP) is 5.09. The Labute approximate surface area is 207 Å². The molecule has 1 aliphatic rings. The number of rotatable bonds is 10. The van der Waals surface area contributed by atoms with Crippen molar-refractivity contribution in [2.24, 2.45) is 5.41 Å². The van der Waals surface area contributed by atoms with Gasteiger partial charge in [-0.1, -0.05) is 89.1 Å². The molecular formula is C28H36N2O5. The van der Waals surface area contributed by atoms with Gasteiger partial charge in [-0.05, 0) is 34.1 Å². The quantitative estimate of drug-likeness (QED) is 0.439. The van der Waals surface area contributed by atoms with E-state index in [2.05, 4.69) is 22.8 Å². The summed E-state index contributed by atoms with van der Waals surface area (Å²) in [6.45, 7) is 7.70. The Kier molecular flexibility index (Phi) is 8.54. The third kappa shape index (κ3) is 6.62. The third-order valence-electron chi connectivity index (χ3n) is 6.41. The van der Waals surface area contributed by atoms with Crippen LogP contribution in [0.25, 0.3) is 11.1 Å². The summed E-state index contributed by atoms with van der Waals surface area (Å²) >= 11 is 0. The second-order valence-corrected chi connectivity index (χ2v) is 10.2. The third-order valence-corrected chi connectivity index (χ3v) is 6.41. The molecule has 0 fully saturated rings. The van der Waals surface area contributed by atoms with Crippen LogP contribution in [0.4, 0.5) is 4.79 Å². The van der Waals surface area contributed by atoms with Crippen LogP contribution in [0.3, 0.4) is 0 Å². The van der Waals surface area contributed by atoms with Gasteiger partial charge in [0.15, 0.2) is 0 Å². The number of carboxylic acid groups (broad SMARTS) is 1. The lowest BCUT2D eigenvalue weighted by molar-refractivity contribution is -0.138. The van der Waals surface area contributed by atoms with Gasteiger partial charge in [-0.2, -0.15) is 0 Å². The molecule has 2 amide bonds. The highest BCUT2D eigenvalue weighted by Crippen LogP contribution is 2.44. The number of unbranched alkanes of at least 4 members (excludes halogenated alkanes) is 1. The molecule has 0 aliphatic heterocycles. The van der Waals surface area contributed by atoms with E-state index in [1.165, 1.54) is 0 Å². The van der Waals surface area contributed by atoms with Crippen molar-refractivity contribution in [3.8, 4) is 11.1 Å². The van der Waals surface area contributed by atoms with E-state index in [1.807, 2.05) is 64.1 Å². The van der Waals surface area contributed by atoms with Crippen LogP contribution < -0.4 is 10.6 Å². The van der Waals surface area contributed by atoms with Crippen molar-refractivity contribution in [2.45, 2.75) is 71.4 Å². The van der Waals surface area contributed by atoms with Crippen LogP contribution in [0.2, 0.25) is 0 Å². The van der Waals surface area contributed by atoms with E-state index in [9.17, 15) is 19.5 Å². The first kappa shape index (κ1) is 26.3. The number of nitrogens with one attached hydrogen (secondary N) is 2. The zero-order chi connectivity index (χ0) is 25.6. The highest BCUT2D eigenvalue weighted by atomic mass is 16.5. The number of alkyl carbamates (subject to hydrolysis) is 1. The molecule has 0 radical (unpaired) electrons. The van der Waals surface area contributed by atoms with E-state index in [0.717, 1.165) is 35.1 Å². The van der Waals surface area contributed by atoms with Gasteiger partial charge >= 0.3 is 12.1 Å². The fourth-order valence-electron chi connectivity index (χ4n) is 4.60. The lowest BCUT2D eigenvalue weighted by atomic mass is 9.86. The molecule has 3 N–H and O–H groups in total. The van der Waals surface area contributed by atoms with Crippen LogP contribution in [0.1, 0.15) is 70.4 Å². The van der Waals surface area contributed by atoms with Crippen molar-refractivity contribution in [3.05, 3.63) is 59.7 Å². The standard InChI is InChI=1S/C28H36N2O5/c1-5-6-11-18(16-24(31)32)29-26(33)25(28(2,3)4)30-27(34)35-17-23-21-14-9-7-12-19(21)20-13-8-10-15-22(20)23/h7-10,12-15,18,23,25H,5-6,11,16-17H2,1-4H3,(H,29,33)(H,30,34)(H,31,32)/t18-,25+/m1/s1. The maximum absolute atomic E-state index is 13.1. The number of aliphatic carboxylic acids is 1. The summed E-state index contributed by atoms with van der Waals surface area (Å²) < 4.78 is 5.63. The summed E-state index contributed by atoms with van der Waals surface area (Å²) in [6, 6.07) is 14.8. The van der Waals surface area contributed by atoms with Gasteiger partial charge in [0, 0.05) is 12.0 Å². The van der Waals surface area contributed by atoms with Crippen molar-refractivity contribution < 1.29 is 24.2 Å². The van der Waals surface area contributed by atoms with Gasteiger partial charge in [-0.25, -0.2) is 4.79 Å². The van der Waals surface area contributed by atoms with E-state index >= 15 is 0 Å². The minimum Gasteiger partial charge on any atom is -0.481 e. The molecule has 3 rings (SSSR count). The summed E-state index contributed by atoms with van der Waals surface area (Å²) in [5.74, 6) is -1.46. The summed E-state index contributed by atoms with van der Waals surface area (Å²) in [4.78, 5) is 37.2. The second-order valence-electron chi connectivity index (χ2n) is 10.2. The zero-order valence-electron chi connectivity index (χ0n) is 21.0. The van der Waals surface area contributed by atoms with Gasteiger partial charge in [-0.15, -0.1) is 0 Å². The molecule has 0 saturated carbocycles. The SMILES string of the molecule is CCCC[C@H](CC(=O)O)NC(=O)[C@H](NC(=O)OCC1c2ccccc2-c2ccccc21)C(C)(C)C. The molecule has 1 aliphatic carbocycles. The Hall–Kier alpha value is -3.35. The molecule has 2 atom stereocenters. The van der Waals surface area contributed by atoms with Gasteiger partial charge in [0.25, 0.3) is 0 Å². The monoisotopic (exact) mass is 480 g/mol. The van der Waals surface area contributed by atoms with E-state index in [4.69, 9.17) is 4.74 Å². The number of amides is 2. The van der Waals surface area contributed by atoms with Gasteiger partial charge in [0.1, 0.15) is 12.6 Å². The maximum Gasteiger partial charge on any atom is 0.407 e. The molecule has 0 spiro atoms. The van der Waals surface area contributed by atoms with Crippen LogP contribution >= 0.6 is 0 Å². The molecule has 2 aromatic rings. The van der Waals surface area contributed by atoms with Crippen molar-refractivity contribution >= 4 is 18.0 Å². The highest BCUT2D eigenvalue weighted by Gasteiger charge is 2.35. The Morgan fingerprint density at radius 1 is 0.971 bits per heavy atom. The summed E-state index contributed by atoms with van der Waals surface area (Å²) in [5, 5.41) is 14.8. The highest BCUT2D eigenvalue weighted by molar-refractivity contribution is 5.87. The average molecular weight is 481 g/mol. The molecule has 0 heterocycles. The molecule has 0 saturated heterocycles. The first-order valence-electron chi connectivity index (χ1n) is 12.3. The second kappa shape index (κ2) is 11.4. The topological polar surface area (TPSA) is 105 Å². The predicted molar refractivity (Wildman–Crippen MR) is 135 cm³/mol. The first-order chi connectivity index (χ1) is 16.6. The van der Waals surface area contributed by atoms with Crippen molar-refractivity contribution in [1.29, 1.82) is 0 Å². The minimum atomic E-state index is -0.969. The summed E-state index contributed by atoms with van der Waals surface area (Å²) in [5.41, 5.74) is 3.90. The fraction of sp³-hybridized carbons (Fsp3) is 0.464. The van der Waals surface area contributed by atoms with E-state index in [-0.39, 0.29) is 18.9 Å². The Morgan fingerprint density at radius 2 is 1.54 bits per heavy atom. The first-order valence-corrected chi connectivity index (χ1v) is 12.3. The van der Waals surface area contributed by atoms with Gasteiger partial charge in [-0.3, -0.25) is 9.59 Å². The summed E-state index contributed by atoms with van der Waals surface area (Å²) in [7, 11) is 0. The molecule has 7 heteroatoms. The van der Waals surface area contributed by atoms with Crippen molar-refractivity contribution in [3.63, 3.8) is 0 Å². The number of hydrogen-bond acceptors (Lipinski definition) is 4. The number of carbonyl (C=O) groups excluding carboxylic acids is 2. The van der Waals surface area contributed by atoms with Gasteiger partial charge < -0.3 is 20.5 Å². The zero-order valence-corrected chi connectivity index (χ0v) is 21.0. The molecule has 0 aromatic heterocycles. The fourth-order valence-corrected chi connectivity index (χ4v) is 4.60. The van der Waals surface area contributed by atoms with Crippen LogP contribution in [0.5, 0.6) is 0 Å². The molecule has 7 nitrogen and oxygen atoms in total. The maximum atomic E-state index is 13.1. The van der Waals surface area contributed by atoms with Gasteiger partial charge in [0.2, 0.25) is 5.91 Å². The van der Waals surface area contributed by atoms with E-state index in [1.54, 1.807) is 0 Å². The lowest BCUT2D eigenvalue weighted by Crippen LogP contribution is -2.55. The number of hydrogen-bond donors (Lipinski definition) is 3. The van der Waals surface area contributed by atoms with E-state index < -0.39 is 35.5 Å². The van der Waals surface area contributed by atoms with Crippen LogP contribution in [-0.4, -0.2) is 41.8 Å². The smallest absolute Gasteiger partial charge is 0.407 e. The number of carboxylic acids is 1. The molecule has 35 heavy (non-hydrogen) atoms. The van der Waals surface area contributed by atoms with E-state index in [0.29, 0.717) is 6.42 Å². The summed E-state index contributed by atoms with van der Waals surface area (Å²) in [6.07, 6.45) is 1.43. The number of ether oxygens (including phenoxy) is 1. The van der Waals surface area contributed by atoms with Crippen molar-refractivity contribution in [2.75, 3.05) is 6.61 Å². The Morgan fingerprint density at radius 3 is 2.06 bits per heavy atom. The number of carbonyl (C=O) groups is 3. The average Bonchev–Trinajstić information content (AvgIpc) is 3.12. The number of benzene rings is 2. The largest absolute Gasteiger partial charge is 0.481 e. The number of fused-ring (bicyclic) bond motifs is 3. The minimum absolute atomic E-state index is 0.0796. The molecule has 188 valence electrons. The molecular weight excluding hydrogens is 444 g/mol. The van der Waals surface area contributed by atoms with Crippen molar-refractivity contribution in [1.82, 2.24) is 10.6 Å². The molecule has 2 aromatic carbocycles. The lowest BCUT2D eigenvalue weighted by Gasteiger charge is -2.31. The normalized spacial score (nSPS) is 14.4.